The minimum Gasteiger partial charge on any atom is -0.355 e. The van der Waals surface area contributed by atoms with Gasteiger partial charge in [0.05, 0.1) is 5.52 Å². The molecule has 1 aliphatic rings. The highest BCUT2D eigenvalue weighted by molar-refractivity contribution is 5.90. The number of hydrogen-bond donors (Lipinski definition) is 1. The third-order valence-electron chi connectivity index (χ3n) is 4.38. The van der Waals surface area contributed by atoms with E-state index in [9.17, 15) is 0 Å². The average molecular weight is 285 g/mol. The Balaban J connectivity index is 1.98. The molecule has 0 amide bonds. The first kappa shape index (κ1) is 14.2. The summed E-state index contributed by atoms with van der Waals surface area (Å²) in [5.74, 6) is 1.06. The van der Waals surface area contributed by atoms with Gasteiger partial charge in [0, 0.05) is 38.2 Å². The van der Waals surface area contributed by atoms with Gasteiger partial charge < -0.3 is 10.6 Å². The quantitative estimate of drug-likeness (QED) is 0.909. The van der Waals surface area contributed by atoms with E-state index in [4.69, 9.17) is 5.73 Å². The summed E-state index contributed by atoms with van der Waals surface area (Å²) in [6.07, 6.45) is 2.80. The van der Waals surface area contributed by atoms with Gasteiger partial charge in [0.1, 0.15) is 12.1 Å². The van der Waals surface area contributed by atoms with Crippen LogP contribution in [0.4, 0.5) is 5.82 Å². The molecule has 5 nitrogen and oxygen atoms in total. The lowest BCUT2D eigenvalue weighted by molar-refractivity contribution is 0.302. The van der Waals surface area contributed by atoms with E-state index in [1.165, 1.54) is 11.1 Å². The predicted molar refractivity (Wildman–Crippen MR) is 86.5 cm³/mol. The second-order valence-electron chi connectivity index (χ2n) is 5.79. The maximum absolute atomic E-state index is 5.77. The van der Waals surface area contributed by atoms with Gasteiger partial charge in [-0.3, -0.25) is 4.90 Å². The summed E-state index contributed by atoms with van der Waals surface area (Å²) >= 11 is 0. The minimum absolute atomic E-state index is 0.636. The van der Waals surface area contributed by atoms with E-state index in [0.29, 0.717) is 6.67 Å². The van der Waals surface area contributed by atoms with E-state index in [1.54, 1.807) is 6.33 Å². The highest BCUT2D eigenvalue weighted by Crippen LogP contribution is 2.26. The molecule has 112 valence electrons. The van der Waals surface area contributed by atoms with E-state index in [0.717, 1.165) is 49.3 Å². The highest BCUT2D eigenvalue weighted by atomic mass is 15.3. The summed E-state index contributed by atoms with van der Waals surface area (Å²) in [5.41, 5.74) is 9.36. The normalized spacial score (nSPS) is 17.2. The van der Waals surface area contributed by atoms with Gasteiger partial charge in [-0.25, -0.2) is 9.97 Å². The average Bonchev–Trinajstić information content (AvgIpc) is 2.73. The van der Waals surface area contributed by atoms with Gasteiger partial charge in [-0.2, -0.15) is 0 Å². The number of hydrogen-bond acceptors (Lipinski definition) is 5. The fraction of sp³-hybridized carbons (Fsp3) is 0.500. The zero-order valence-corrected chi connectivity index (χ0v) is 12.8. The molecule has 0 radical (unpaired) electrons. The van der Waals surface area contributed by atoms with Crippen molar-refractivity contribution in [2.24, 2.45) is 5.73 Å². The van der Waals surface area contributed by atoms with Crippen molar-refractivity contribution in [2.45, 2.75) is 20.3 Å². The summed E-state index contributed by atoms with van der Waals surface area (Å²) in [7, 11) is 0. The molecule has 5 heteroatoms. The first-order valence-corrected chi connectivity index (χ1v) is 7.58. The number of aromatic nitrogens is 2. The van der Waals surface area contributed by atoms with Gasteiger partial charge in [0.25, 0.3) is 0 Å². The molecule has 1 aromatic heterocycles. The fourth-order valence-corrected chi connectivity index (χ4v) is 2.92. The minimum atomic E-state index is 0.636. The van der Waals surface area contributed by atoms with Crippen LogP contribution < -0.4 is 10.6 Å². The van der Waals surface area contributed by atoms with Gasteiger partial charge in [-0.15, -0.1) is 0 Å². The molecule has 2 aromatic rings. The summed E-state index contributed by atoms with van der Waals surface area (Å²) in [5, 5.41) is 1.15. The summed E-state index contributed by atoms with van der Waals surface area (Å²) in [6, 6.07) is 4.37. The van der Waals surface area contributed by atoms with Crippen molar-refractivity contribution in [2.75, 3.05) is 37.7 Å². The Morgan fingerprint density at radius 2 is 1.86 bits per heavy atom. The zero-order chi connectivity index (χ0) is 14.8. The molecule has 1 aromatic carbocycles. The van der Waals surface area contributed by atoms with E-state index >= 15 is 0 Å². The molecule has 0 aliphatic carbocycles. The molecule has 2 heterocycles. The van der Waals surface area contributed by atoms with Crippen LogP contribution in [-0.2, 0) is 0 Å². The summed E-state index contributed by atoms with van der Waals surface area (Å²) in [6.45, 7) is 8.95. The number of anilines is 1. The van der Waals surface area contributed by atoms with Gasteiger partial charge in [0.2, 0.25) is 0 Å². The van der Waals surface area contributed by atoms with Crippen LogP contribution >= 0.6 is 0 Å². The predicted octanol–water partition coefficient (Wildman–Crippen LogP) is 1.67. The lowest BCUT2D eigenvalue weighted by Crippen LogP contribution is -2.34. The van der Waals surface area contributed by atoms with Crippen molar-refractivity contribution in [3.05, 3.63) is 29.6 Å². The van der Waals surface area contributed by atoms with Crippen molar-refractivity contribution in [3.8, 4) is 0 Å². The lowest BCUT2D eigenvalue weighted by Gasteiger charge is -2.23. The molecule has 0 spiro atoms. The first-order valence-electron chi connectivity index (χ1n) is 7.58. The van der Waals surface area contributed by atoms with Gasteiger partial charge in [-0.1, -0.05) is 0 Å². The maximum atomic E-state index is 5.77. The summed E-state index contributed by atoms with van der Waals surface area (Å²) in [4.78, 5) is 13.6. The number of nitrogens with two attached hydrogens (primary N) is 1. The Morgan fingerprint density at radius 3 is 2.67 bits per heavy atom. The van der Waals surface area contributed by atoms with E-state index in [-0.39, 0.29) is 0 Å². The lowest BCUT2D eigenvalue weighted by atomic mass is 10.1. The fourth-order valence-electron chi connectivity index (χ4n) is 2.92. The molecule has 1 saturated heterocycles. The Hall–Kier alpha value is -1.72. The third kappa shape index (κ3) is 2.84. The molecule has 1 fully saturated rings. The van der Waals surface area contributed by atoms with Crippen molar-refractivity contribution < 1.29 is 0 Å². The van der Waals surface area contributed by atoms with E-state index in [1.807, 2.05) is 0 Å². The number of rotatable bonds is 2. The number of fused-ring (bicyclic) bond motifs is 1. The standard InChI is InChI=1S/C16H23N5/c1-12-8-14-15(9-13(12)2)18-11-19-16(14)21-5-3-4-20(10-17)6-7-21/h8-9,11H,3-7,10,17H2,1-2H3. The van der Waals surface area contributed by atoms with Crippen LogP contribution in [0.2, 0.25) is 0 Å². The van der Waals surface area contributed by atoms with E-state index in [2.05, 4.69) is 45.7 Å². The second kappa shape index (κ2) is 5.95. The Kier molecular flexibility index (Phi) is 4.03. The van der Waals surface area contributed by atoms with E-state index < -0.39 is 0 Å². The molecule has 1 aliphatic heterocycles. The Bertz CT molecular complexity index is 640. The molecule has 2 N–H and O–H groups in total. The van der Waals surface area contributed by atoms with Crippen molar-refractivity contribution in [1.29, 1.82) is 0 Å². The van der Waals surface area contributed by atoms with Crippen molar-refractivity contribution in [3.63, 3.8) is 0 Å². The zero-order valence-electron chi connectivity index (χ0n) is 12.8. The molecule has 0 unspecified atom stereocenters. The highest BCUT2D eigenvalue weighted by Gasteiger charge is 2.17. The molecular weight excluding hydrogens is 262 g/mol. The summed E-state index contributed by atoms with van der Waals surface area (Å²) < 4.78 is 0. The topological polar surface area (TPSA) is 58.3 Å². The van der Waals surface area contributed by atoms with Crippen LogP contribution in [0.3, 0.4) is 0 Å². The second-order valence-corrected chi connectivity index (χ2v) is 5.79. The molecule has 0 bridgehead atoms. The van der Waals surface area contributed by atoms with Crippen LogP contribution in [0.25, 0.3) is 10.9 Å². The molecule has 3 rings (SSSR count). The van der Waals surface area contributed by atoms with Gasteiger partial charge in [-0.05, 0) is 43.5 Å². The SMILES string of the molecule is Cc1cc2ncnc(N3CCCN(CN)CC3)c2cc1C. The van der Waals surface area contributed by atoms with Crippen molar-refractivity contribution >= 4 is 16.7 Å². The van der Waals surface area contributed by atoms with Crippen LogP contribution in [0.5, 0.6) is 0 Å². The maximum Gasteiger partial charge on any atom is 0.139 e. The smallest absolute Gasteiger partial charge is 0.139 e. The van der Waals surface area contributed by atoms with Gasteiger partial charge >= 0.3 is 0 Å². The van der Waals surface area contributed by atoms with Crippen molar-refractivity contribution in [1.82, 2.24) is 14.9 Å². The number of benzene rings is 1. The van der Waals surface area contributed by atoms with Crippen LogP contribution in [0, 0.1) is 13.8 Å². The molecule has 0 atom stereocenters. The Morgan fingerprint density at radius 1 is 1.05 bits per heavy atom. The van der Waals surface area contributed by atoms with Crippen LogP contribution in [-0.4, -0.2) is 47.7 Å². The molecule has 0 saturated carbocycles. The molecular formula is C16H23N5. The monoisotopic (exact) mass is 285 g/mol. The number of nitrogens with zero attached hydrogens (tertiary/aromatic N) is 4. The van der Waals surface area contributed by atoms with Crippen LogP contribution in [0.15, 0.2) is 18.5 Å². The van der Waals surface area contributed by atoms with Crippen LogP contribution in [0.1, 0.15) is 17.5 Å². The first-order chi connectivity index (χ1) is 10.2. The Labute approximate surface area is 125 Å². The number of aryl methyl sites for hydroxylation is 2. The molecule has 21 heavy (non-hydrogen) atoms. The largest absolute Gasteiger partial charge is 0.355 e. The van der Waals surface area contributed by atoms with Gasteiger partial charge in [0.15, 0.2) is 0 Å². The third-order valence-corrected chi connectivity index (χ3v) is 4.38.